The van der Waals surface area contributed by atoms with Crippen LogP contribution in [0.4, 0.5) is 0 Å². The lowest BCUT2D eigenvalue weighted by atomic mass is 10.0. The SMILES string of the molecule is CC[C@@H](Cc1ccccc1)NC(=O)c1ccccc1I. The molecule has 104 valence electrons. The summed E-state index contributed by atoms with van der Waals surface area (Å²) in [7, 11) is 0. The van der Waals surface area contributed by atoms with Crippen molar-refractivity contribution in [3.05, 3.63) is 69.3 Å². The van der Waals surface area contributed by atoms with Gasteiger partial charge < -0.3 is 5.32 Å². The Hall–Kier alpha value is -1.36. The van der Waals surface area contributed by atoms with Crippen LogP contribution in [-0.4, -0.2) is 11.9 Å². The number of hydrogen-bond acceptors (Lipinski definition) is 1. The van der Waals surface area contributed by atoms with E-state index in [4.69, 9.17) is 0 Å². The van der Waals surface area contributed by atoms with Gasteiger partial charge in [-0.15, -0.1) is 0 Å². The Balaban J connectivity index is 2.03. The molecule has 2 aromatic carbocycles. The Labute approximate surface area is 133 Å². The molecule has 0 unspecified atom stereocenters. The molecule has 20 heavy (non-hydrogen) atoms. The van der Waals surface area contributed by atoms with Crippen molar-refractivity contribution < 1.29 is 4.79 Å². The summed E-state index contributed by atoms with van der Waals surface area (Å²) >= 11 is 2.20. The second kappa shape index (κ2) is 7.43. The molecule has 0 saturated heterocycles. The number of carbonyl (C=O) groups excluding carboxylic acids is 1. The van der Waals surface area contributed by atoms with Crippen molar-refractivity contribution in [2.24, 2.45) is 0 Å². The third kappa shape index (κ3) is 4.07. The molecule has 3 heteroatoms. The van der Waals surface area contributed by atoms with Crippen LogP contribution in [0.5, 0.6) is 0 Å². The second-order valence-electron chi connectivity index (χ2n) is 4.75. The van der Waals surface area contributed by atoms with E-state index in [9.17, 15) is 4.79 Å². The van der Waals surface area contributed by atoms with Crippen molar-refractivity contribution >= 4 is 28.5 Å². The predicted octanol–water partition coefficient (Wildman–Crippen LogP) is 4.04. The lowest BCUT2D eigenvalue weighted by molar-refractivity contribution is 0.0935. The molecule has 0 aliphatic rings. The molecular weight excluding hydrogens is 361 g/mol. The first kappa shape index (κ1) is 15.0. The summed E-state index contributed by atoms with van der Waals surface area (Å²) in [6.45, 7) is 2.10. The van der Waals surface area contributed by atoms with Crippen LogP contribution in [0, 0.1) is 3.57 Å². The normalized spacial score (nSPS) is 11.9. The highest BCUT2D eigenvalue weighted by molar-refractivity contribution is 14.1. The van der Waals surface area contributed by atoms with Gasteiger partial charge in [0.2, 0.25) is 0 Å². The Morgan fingerprint density at radius 1 is 1.10 bits per heavy atom. The van der Waals surface area contributed by atoms with Crippen LogP contribution >= 0.6 is 22.6 Å². The number of halogens is 1. The molecule has 0 bridgehead atoms. The lowest BCUT2D eigenvalue weighted by Gasteiger charge is -2.17. The molecule has 1 N–H and O–H groups in total. The van der Waals surface area contributed by atoms with E-state index in [1.165, 1.54) is 5.56 Å². The molecule has 0 heterocycles. The van der Waals surface area contributed by atoms with Crippen LogP contribution in [0.15, 0.2) is 54.6 Å². The van der Waals surface area contributed by atoms with E-state index in [1.54, 1.807) is 0 Å². The topological polar surface area (TPSA) is 29.1 Å². The Morgan fingerprint density at radius 3 is 2.40 bits per heavy atom. The molecule has 0 spiro atoms. The highest BCUT2D eigenvalue weighted by Gasteiger charge is 2.14. The highest BCUT2D eigenvalue weighted by Crippen LogP contribution is 2.12. The van der Waals surface area contributed by atoms with Gasteiger partial charge in [0, 0.05) is 9.61 Å². The van der Waals surface area contributed by atoms with E-state index in [0.29, 0.717) is 0 Å². The maximum Gasteiger partial charge on any atom is 0.252 e. The van der Waals surface area contributed by atoms with Crippen LogP contribution in [0.2, 0.25) is 0 Å². The fourth-order valence-corrected chi connectivity index (χ4v) is 2.74. The largest absolute Gasteiger partial charge is 0.349 e. The van der Waals surface area contributed by atoms with Crippen LogP contribution in [0.25, 0.3) is 0 Å². The van der Waals surface area contributed by atoms with Crippen LogP contribution in [0.1, 0.15) is 29.3 Å². The number of rotatable bonds is 5. The summed E-state index contributed by atoms with van der Waals surface area (Å²) in [6.07, 6.45) is 1.79. The average Bonchev–Trinajstić information content (AvgIpc) is 2.48. The summed E-state index contributed by atoms with van der Waals surface area (Å²) in [4.78, 5) is 12.3. The number of nitrogens with one attached hydrogen (secondary N) is 1. The quantitative estimate of drug-likeness (QED) is 0.781. The summed E-state index contributed by atoms with van der Waals surface area (Å²) in [6, 6.07) is 18.1. The predicted molar refractivity (Wildman–Crippen MR) is 90.9 cm³/mol. The van der Waals surface area contributed by atoms with Crippen molar-refractivity contribution in [1.29, 1.82) is 0 Å². The fourth-order valence-electron chi connectivity index (χ4n) is 2.10. The maximum atomic E-state index is 12.3. The fraction of sp³-hybridized carbons (Fsp3) is 0.235. The van der Waals surface area contributed by atoms with E-state index in [0.717, 1.165) is 22.0 Å². The molecule has 0 fully saturated rings. The number of hydrogen-bond donors (Lipinski definition) is 1. The molecule has 0 saturated carbocycles. The average molecular weight is 379 g/mol. The molecule has 0 radical (unpaired) electrons. The smallest absolute Gasteiger partial charge is 0.252 e. The van der Waals surface area contributed by atoms with Crippen molar-refractivity contribution in [3.8, 4) is 0 Å². The van der Waals surface area contributed by atoms with Gasteiger partial charge >= 0.3 is 0 Å². The van der Waals surface area contributed by atoms with E-state index in [2.05, 4.69) is 47.0 Å². The van der Waals surface area contributed by atoms with E-state index in [-0.39, 0.29) is 11.9 Å². The highest BCUT2D eigenvalue weighted by atomic mass is 127. The summed E-state index contributed by atoms with van der Waals surface area (Å²) in [5, 5.41) is 3.13. The molecule has 2 nitrogen and oxygen atoms in total. The maximum absolute atomic E-state index is 12.3. The summed E-state index contributed by atoms with van der Waals surface area (Å²) < 4.78 is 0.983. The molecule has 0 aliphatic carbocycles. The van der Waals surface area contributed by atoms with Gasteiger partial charge in [-0.1, -0.05) is 49.4 Å². The zero-order chi connectivity index (χ0) is 14.4. The minimum absolute atomic E-state index is 0.0118. The zero-order valence-corrected chi connectivity index (χ0v) is 13.6. The number of carbonyl (C=O) groups is 1. The van der Waals surface area contributed by atoms with Gasteiger partial charge in [-0.3, -0.25) is 4.79 Å². The third-order valence-corrected chi connectivity index (χ3v) is 4.21. The molecule has 2 aromatic rings. The van der Waals surface area contributed by atoms with Crippen LogP contribution in [-0.2, 0) is 6.42 Å². The summed E-state index contributed by atoms with van der Waals surface area (Å²) in [5.41, 5.74) is 2.00. The van der Waals surface area contributed by atoms with Crippen LogP contribution < -0.4 is 5.32 Å². The molecule has 0 aliphatic heterocycles. The van der Waals surface area contributed by atoms with Crippen LogP contribution in [0.3, 0.4) is 0 Å². The van der Waals surface area contributed by atoms with E-state index < -0.39 is 0 Å². The zero-order valence-electron chi connectivity index (χ0n) is 11.5. The van der Waals surface area contributed by atoms with Crippen molar-refractivity contribution in [1.82, 2.24) is 5.32 Å². The van der Waals surface area contributed by atoms with Crippen molar-refractivity contribution in [3.63, 3.8) is 0 Å². The third-order valence-electron chi connectivity index (χ3n) is 3.27. The molecule has 0 aromatic heterocycles. The Bertz CT molecular complexity index is 568. The molecular formula is C17H18INO. The first-order chi connectivity index (χ1) is 9.70. The first-order valence-electron chi connectivity index (χ1n) is 6.80. The Morgan fingerprint density at radius 2 is 1.75 bits per heavy atom. The molecule has 1 amide bonds. The van der Waals surface area contributed by atoms with Gasteiger partial charge in [0.05, 0.1) is 5.56 Å². The van der Waals surface area contributed by atoms with Gasteiger partial charge in [0.15, 0.2) is 0 Å². The minimum atomic E-state index is 0.0118. The molecule has 1 atom stereocenters. The van der Waals surface area contributed by atoms with Gasteiger partial charge in [-0.25, -0.2) is 0 Å². The van der Waals surface area contributed by atoms with Crippen molar-refractivity contribution in [2.45, 2.75) is 25.8 Å². The van der Waals surface area contributed by atoms with Gasteiger partial charge in [0.25, 0.3) is 5.91 Å². The summed E-state index contributed by atoms with van der Waals surface area (Å²) in [5.74, 6) is 0.0118. The van der Waals surface area contributed by atoms with E-state index in [1.807, 2.05) is 42.5 Å². The molecule has 2 rings (SSSR count). The van der Waals surface area contributed by atoms with E-state index >= 15 is 0 Å². The van der Waals surface area contributed by atoms with Gasteiger partial charge in [-0.2, -0.15) is 0 Å². The second-order valence-corrected chi connectivity index (χ2v) is 5.91. The first-order valence-corrected chi connectivity index (χ1v) is 7.88. The number of amides is 1. The lowest BCUT2D eigenvalue weighted by Crippen LogP contribution is -2.36. The minimum Gasteiger partial charge on any atom is -0.349 e. The standard InChI is InChI=1S/C17H18INO/c1-2-14(12-13-8-4-3-5-9-13)19-17(20)15-10-6-7-11-16(15)18/h3-11,14H,2,12H2,1H3,(H,19,20)/t14-/m0/s1. The monoisotopic (exact) mass is 379 g/mol. The number of benzene rings is 2. The van der Waals surface area contributed by atoms with Gasteiger partial charge in [0.1, 0.15) is 0 Å². The van der Waals surface area contributed by atoms with Crippen molar-refractivity contribution in [2.75, 3.05) is 0 Å². The van der Waals surface area contributed by atoms with Gasteiger partial charge in [-0.05, 0) is 53.1 Å². The Kier molecular flexibility index (Phi) is 5.59.